The molecule has 0 unspecified atom stereocenters. The zero-order chi connectivity index (χ0) is 18.5. The Morgan fingerprint density at radius 3 is 1.62 bits per heavy atom. The Bertz CT molecular complexity index is 871. The Kier molecular flexibility index (Phi) is 5.08. The third-order valence-corrected chi connectivity index (χ3v) is 3.98. The van der Waals surface area contributed by atoms with Gasteiger partial charge in [0.15, 0.2) is 0 Å². The van der Waals surface area contributed by atoms with Gasteiger partial charge in [-0.1, -0.05) is 0 Å². The lowest BCUT2D eigenvalue weighted by atomic mass is 10.1. The Hall–Kier alpha value is -3.47. The van der Waals surface area contributed by atoms with E-state index in [1.807, 2.05) is 12.1 Å². The molecule has 1 amide bonds. The molecule has 0 fully saturated rings. The molecular formula is C21H19NO4. The zero-order valence-corrected chi connectivity index (χ0v) is 14.5. The Morgan fingerprint density at radius 1 is 0.731 bits per heavy atom. The number of nitrogens with zero attached hydrogens (tertiary/aromatic N) is 1. The van der Waals surface area contributed by atoms with E-state index in [9.17, 15) is 9.90 Å². The van der Waals surface area contributed by atoms with Crippen molar-refractivity contribution >= 4 is 17.3 Å². The molecule has 0 aliphatic rings. The molecule has 5 heteroatoms. The SMILES string of the molecule is COc1ccc(C(=O)N(c2ccc(O)cc2)c2ccc(OC)cc2)cc1. The topological polar surface area (TPSA) is 59.0 Å². The first-order valence-corrected chi connectivity index (χ1v) is 8.04. The van der Waals surface area contributed by atoms with Crippen LogP contribution < -0.4 is 14.4 Å². The molecule has 0 radical (unpaired) electrons. The highest BCUT2D eigenvalue weighted by Gasteiger charge is 2.20. The van der Waals surface area contributed by atoms with Gasteiger partial charge in [-0.25, -0.2) is 0 Å². The lowest BCUT2D eigenvalue weighted by Gasteiger charge is -2.23. The fourth-order valence-electron chi connectivity index (χ4n) is 2.58. The summed E-state index contributed by atoms with van der Waals surface area (Å²) in [7, 11) is 3.17. The van der Waals surface area contributed by atoms with E-state index in [0.717, 1.165) is 0 Å². The smallest absolute Gasteiger partial charge is 0.262 e. The number of rotatable bonds is 5. The van der Waals surface area contributed by atoms with E-state index in [4.69, 9.17) is 9.47 Å². The molecule has 3 rings (SSSR count). The average Bonchev–Trinajstić information content (AvgIpc) is 2.70. The summed E-state index contributed by atoms with van der Waals surface area (Å²) >= 11 is 0. The van der Waals surface area contributed by atoms with Crippen molar-refractivity contribution in [2.45, 2.75) is 0 Å². The number of anilines is 2. The van der Waals surface area contributed by atoms with Gasteiger partial charge in [-0.15, -0.1) is 0 Å². The van der Waals surface area contributed by atoms with Gasteiger partial charge in [0.25, 0.3) is 5.91 Å². The summed E-state index contributed by atoms with van der Waals surface area (Å²) in [5.41, 5.74) is 1.86. The Morgan fingerprint density at radius 2 is 1.15 bits per heavy atom. The maximum atomic E-state index is 13.2. The second-order valence-electron chi connectivity index (χ2n) is 5.58. The fraction of sp³-hybridized carbons (Fsp3) is 0.0952. The number of phenols is 1. The van der Waals surface area contributed by atoms with Crippen LogP contribution in [-0.4, -0.2) is 25.2 Å². The summed E-state index contributed by atoms with van der Waals surface area (Å²) in [6.45, 7) is 0. The van der Waals surface area contributed by atoms with Crippen molar-refractivity contribution < 1.29 is 19.4 Å². The second-order valence-corrected chi connectivity index (χ2v) is 5.58. The Balaban J connectivity index is 2.03. The molecule has 3 aromatic carbocycles. The number of hydrogen-bond acceptors (Lipinski definition) is 4. The molecule has 0 spiro atoms. The lowest BCUT2D eigenvalue weighted by Crippen LogP contribution is -2.25. The van der Waals surface area contributed by atoms with Crippen LogP contribution in [0.3, 0.4) is 0 Å². The summed E-state index contributed by atoms with van der Waals surface area (Å²) < 4.78 is 10.3. The molecule has 3 aromatic rings. The molecule has 0 aliphatic carbocycles. The van der Waals surface area contributed by atoms with Gasteiger partial charge in [-0.3, -0.25) is 9.69 Å². The zero-order valence-electron chi connectivity index (χ0n) is 14.5. The van der Waals surface area contributed by atoms with Gasteiger partial charge >= 0.3 is 0 Å². The summed E-state index contributed by atoms with van der Waals surface area (Å²) in [4.78, 5) is 14.8. The van der Waals surface area contributed by atoms with E-state index in [-0.39, 0.29) is 11.7 Å². The van der Waals surface area contributed by atoms with Crippen molar-refractivity contribution in [1.82, 2.24) is 0 Å². The molecule has 0 bridgehead atoms. The van der Waals surface area contributed by atoms with Gasteiger partial charge in [0.1, 0.15) is 17.2 Å². The number of ether oxygens (including phenoxy) is 2. The number of benzene rings is 3. The standard InChI is InChI=1S/C21H19NO4/c1-25-19-11-3-15(4-12-19)21(24)22(16-5-9-18(23)10-6-16)17-7-13-20(26-2)14-8-17/h3-14,23H,1-2H3. The van der Waals surface area contributed by atoms with Crippen LogP contribution in [0.2, 0.25) is 0 Å². The summed E-state index contributed by atoms with van der Waals surface area (Å²) in [6.07, 6.45) is 0. The lowest BCUT2D eigenvalue weighted by molar-refractivity contribution is 0.0999. The normalized spacial score (nSPS) is 10.2. The van der Waals surface area contributed by atoms with Crippen molar-refractivity contribution in [3.8, 4) is 17.2 Å². The highest BCUT2D eigenvalue weighted by molar-refractivity contribution is 6.11. The van der Waals surface area contributed by atoms with Gasteiger partial charge < -0.3 is 14.6 Å². The molecule has 1 N–H and O–H groups in total. The first-order valence-electron chi connectivity index (χ1n) is 8.04. The monoisotopic (exact) mass is 349 g/mol. The molecule has 0 heterocycles. The maximum absolute atomic E-state index is 13.2. The third kappa shape index (κ3) is 3.62. The van der Waals surface area contributed by atoms with Crippen LogP contribution in [0.5, 0.6) is 17.2 Å². The van der Waals surface area contributed by atoms with Crippen LogP contribution >= 0.6 is 0 Å². The number of carbonyl (C=O) groups is 1. The minimum Gasteiger partial charge on any atom is -0.508 e. The molecule has 0 saturated carbocycles. The van der Waals surface area contributed by atoms with Crippen molar-refractivity contribution in [1.29, 1.82) is 0 Å². The maximum Gasteiger partial charge on any atom is 0.262 e. The molecule has 0 atom stereocenters. The second kappa shape index (κ2) is 7.61. The highest BCUT2D eigenvalue weighted by atomic mass is 16.5. The van der Waals surface area contributed by atoms with Gasteiger partial charge in [0.2, 0.25) is 0 Å². The van der Waals surface area contributed by atoms with Gasteiger partial charge in [-0.2, -0.15) is 0 Å². The highest BCUT2D eigenvalue weighted by Crippen LogP contribution is 2.30. The van der Waals surface area contributed by atoms with E-state index in [1.165, 1.54) is 0 Å². The molecule has 26 heavy (non-hydrogen) atoms. The number of phenolic OH excluding ortho intramolecular Hbond substituents is 1. The van der Waals surface area contributed by atoms with E-state index in [2.05, 4.69) is 0 Å². The minimum absolute atomic E-state index is 0.139. The van der Waals surface area contributed by atoms with E-state index < -0.39 is 0 Å². The minimum atomic E-state index is -0.191. The summed E-state index contributed by atoms with van der Waals surface area (Å²) in [6, 6.07) is 20.6. The van der Waals surface area contributed by atoms with Crippen molar-refractivity contribution in [3.05, 3.63) is 78.4 Å². The van der Waals surface area contributed by atoms with Crippen LogP contribution in [0.1, 0.15) is 10.4 Å². The first kappa shape index (κ1) is 17.4. The third-order valence-electron chi connectivity index (χ3n) is 3.98. The average molecular weight is 349 g/mol. The van der Waals surface area contributed by atoms with Crippen LogP contribution in [0.25, 0.3) is 0 Å². The van der Waals surface area contributed by atoms with E-state index in [0.29, 0.717) is 28.4 Å². The molecule has 0 saturated heterocycles. The van der Waals surface area contributed by atoms with Crippen LogP contribution in [-0.2, 0) is 0 Å². The molecule has 132 valence electrons. The number of amides is 1. The van der Waals surface area contributed by atoms with Crippen LogP contribution in [0.4, 0.5) is 11.4 Å². The number of aromatic hydroxyl groups is 1. The summed E-state index contributed by atoms with van der Waals surface area (Å²) in [5.74, 6) is 1.34. The van der Waals surface area contributed by atoms with Crippen molar-refractivity contribution in [2.75, 3.05) is 19.1 Å². The van der Waals surface area contributed by atoms with Gasteiger partial charge in [0.05, 0.1) is 14.2 Å². The van der Waals surface area contributed by atoms with Gasteiger partial charge in [-0.05, 0) is 72.8 Å². The molecule has 0 aliphatic heterocycles. The first-order chi connectivity index (χ1) is 12.6. The number of methoxy groups -OCH3 is 2. The molecule has 0 aromatic heterocycles. The van der Waals surface area contributed by atoms with Crippen molar-refractivity contribution in [3.63, 3.8) is 0 Å². The largest absolute Gasteiger partial charge is 0.508 e. The van der Waals surface area contributed by atoms with E-state index in [1.54, 1.807) is 79.8 Å². The number of carbonyl (C=O) groups excluding carboxylic acids is 1. The summed E-state index contributed by atoms with van der Waals surface area (Å²) in [5, 5.41) is 9.56. The molecule has 5 nitrogen and oxygen atoms in total. The molecular weight excluding hydrogens is 330 g/mol. The number of hydrogen-bond donors (Lipinski definition) is 1. The quantitative estimate of drug-likeness (QED) is 0.742. The van der Waals surface area contributed by atoms with E-state index >= 15 is 0 Å². The predicted molar refractivity (Wildman–Crippen MR) is 101 cm³/mol. The fourth-order valence-corrected chi connectivity index (χ4v) is 2.58. The van der Waals surface area contributed by atoms with Crippen LogP contribution in [0, 0.1) is 0 Å². The van der Waals surface area contributed by atoms with Crippen LogP contribution in [0.15, 0.2) is 72.8 Å². The predicted octanol–water partition coefficient (Wildman–Crippen LogP) is 4.39. The Labute approximate surface area is 152 Å². The van der Waals surface area contributed by atoms with Crippen molar-refractivity contribution in [2.24, 2.45) is 0 Å². The van der Waals surface area contributed by atoms with Gasteiger partial charge in [0, 0.05) is 16.9 Å².